The van der Waals surface area contributed by atoms with Gasteiger partial charge in [-0.05, 0) is 227 Å². The summed E-state index contributed by atoms with van der Waals surface area (Å²) in [5.74, 6) is 0. The average molecular weight is 1530 g/mol. The monoisotopic (exact) mass is 1530 g/mol. The average Bonchev–Trinajstić information content (AvgIpc) is 1.54. The Morgan fingerprint density at radius 1 is 0.158 bits per heavy atom. The van der Waals surface area contributed by atoms with E-state index in [9.17, 15) is 0 Å². The molecule has 9 nitrogen and oxygen atoms in total. The molecular formula is C111H71N9. The van der Waals surface area contributed by atoms with Crippen LogP contribution in [0.3, 0.4) is 0 Å². The molecule has 0 amide bonds. The number of hydrogen-bond donors (Lipinski definition) is 0. The summed E-state index contributed by atoms with van der Waals surface area (Å²) in [6, 6.07) is 147. The SMILES string of the molecule is c1ccc(-n2c3ccccc3c3cc(-c4ccc5nc(-c6ccc7c(c6)c6ccccc6n7-c6ccccc6)cc(-c6ccc(-c7ccccn7)cc6)c5c4)ccc32)cc1.c1ccc(-n2c3ccccc3c3cc(-c4ccc5nc(-c6ccc7c(c6)c6ccccc6n7-c6ccccc6)cc(-c6ccc(-c7ccccn7)nc6)c5c4)ccc32)cc1. The fraction of sp³-hybridized carbons (Fsp3) is 0. The number of fused-ring (bicyclic) bond motifs is 14. The molecular weight excluding hydrogens is 1460 g/mol. The van der Waals surface area contributed by atoms with Crippen molar-refractivity contribution in [3.05, 3.63) is 431 Å². The van der Waals surface area contributed by atoms with Gasteiger partial charge in [-0.3, -0.25) is 15.0 Å². The van der Waals surface area contributed by atoms with Gasteiger partial charge >= 0.3 is 0 Å². The van der Waals surface area contributed by atoms with Crippen molar-refractivity contribution >= 4 is 109 Å². The standard InChI is InChI=1S/C56H36N4.C55H35N5/c1-3-13-42(14-4-1)59-53-20-9-7-17-44(53)48-34-40(27-30-55(48)59)39-26-29-51-47(33-39)46(37-22-24-38(25-23-37)50-19-11-12-32-57-50)36-52(58-51)41-28-31-56-49(35-41)45-18-8-10-21-54(45)60(56)43-15-5-2-6-16-43;1-3-13-40(14-4-1)59-52-20-9-7-17-42(52)46-32-37(24-28-54(46)59)36-22-26-48-45(31-36)44(39-23-27-50(57-35-39)49-19-11-12-30-56-49)34-51(58-48)38-25-29-55-47(33-38)43-18-8-10-21-53(43)60(55)41-15-5-2-6-16-41/h1-36H;1-35H. The number of rotatable bonds is 12. The first-order valence-electron chi connectivity index (χ1n) is 40.7. The fourth-order valence-electron chi connectivity index (χ4n) is 18.1. The molecule has 0 N–H and O–H groups in total. The predicted molar refractivity (Wildman–Crippen MR) is 498 cm³/mol. The molecule has 0 aliphatic carbocycles. The summed E-state index contributed by atoms with van der Waals surface area (Å²) < 4.78 is 9.43. The molecule has 0 atom stereocenters. The van der Waals surface area contributed by atoms with Gasteiger partial charge in [-0.25, -0.2) is 9.97 Å². The van der Waals surface area contributed by atoms with E-state index in [2.05, 4.69) is 410 Å². The molecule has 0 bridgehead atoms. The smallest absolute Gasteiger partial charge is 0.0886 e. The Labute approximate surface area is 691 Å². The van der Waals surface area contributed by atoms with Gasteiger partial charge in [-0.15, -0.1) is 0 Å². The largest absolute Gasteiger partial charge is 0.309 e. The number of aromatic nitrogens is 9. The Bertz CT molecular complexity index is 7620. The lowest BCUT2D eigenvalue weighted by Crippen LogP contribution is -1.94. The molecule has 0 unspecified atom stereocenters. The maximum absolute atomic E-state index is 5.39. The molecule has 0 saturated carbocycles. The molecule has 24 rings (SSSR count). The summed E-state index contributed by atoms with van der Waals surface area (Å²) in [7, 11) is 0. The minimum atomic E-state index is 0.835. The number of hydrogen-bond acceptors (Lipinski definition) is 5. The minimum Gasteiger partial charge on any atom is -0.309 e. The summed E-state index contributed by atoms with van der Waals surface area (Å²) in [6.45, 7) is 0. The third-order valence-corrected chi connectivity index (χ3v) is 23.8. The van der Waals surface area contributed by atoms with Crippen molar-refractivity contribution in [2.45, 2.75) is 0 Å². The van der Waals surface area contributed by atoms with E-state index in [1.807, 2.05) is 42.7 Å². The van der Waals surface area contributed by atoms with Crippen LogP contribution in [0, 0.1) is 0 Å². The molecule has 0 fully saturated rings. The molecule has 9 heterocycles. The van der Waals surface area contributed by atoms with Crippen LogP contribution in [-0.2, 0) is 0 Å². The zero-order chi connectivity index (χ0) is 79.1. The lowest BCUT2D eigenvalue weighted by atomic mass is 9.94. The number of benzene rings is 15. The molecule has 0 aliphatic rings. The molecule has 0 radical (unpaired) electrons. The molecule has 560 valence electrons. The Morgan fingerprint density at radius 3 is 0.808 bits per heavy atom. The predicted octanol–water partition coefficient (Wildman–Crippen LogP) is 28.4. The summed E-state index contributed by atoms with van der Waals surface area (Å²) >= 11 is 0. The normalized spacial score (nSPS) is 11.7. The summed E-state index contributed by atoms with van der Waals surface area (Å²) in [5, 5.41) is 11.9. The highest BCUT2D eigenvalue weighted by atomic mass is 15.0. The highest BCUT2D eigenvalue weighted by Gasteiger charge is 2.22. The molecule has 9 heteroatoms. The first-order valence-corrected chi connectivity index (χ1v) is 40.7. The number of para-hydroxylation sites is 8. The molecule has 120 heavy (non-hydrogen) atoms. The second-order valence-electron chi connectivity index (χ2n) is 30.7. The second kappa shape index (κ2) is 28.9. The summed E-state index contributed by atoms with van der Waals surface area (Å²) in [4.78, 5) is 24.9. The van der Waals surface area contributed by atoms with Gasteiger partial charge in [0.05, 0.1) is 83.6 Å². The van der Waals surface area contributed by atoms with E-state index in [0.29, 0.717) is 0 Å². The van der Waals surface area contributed by atoms with Crippen molar-refractivity contribution in [1.82, 2.24) is 43.2 Å². The summed E-state index contributed by atoms with van der Waals surface area (Å²) in [6.07, 6.45) is 5.62. The van der Waals surface area contributed by atoms with Crippen LogP contribution in [0.4, 0.5) is 0 Å². The van der Waals surface area contributed by atoms with Crippen molar-refractivity contribution in [3.8, 4) is 112 Å². The van der Waals surface area contributed by atoms with Crippen LogP contribution in [-0.4, -0.2) is 43.2 Å². The second-order valence-corrected chi connectivity index (χ2v) is 30.7. The maximum Gasteiger partial charge on any atom is 0.0886 e. The van der Waals surface area contributed by atoms with E-state index in [0.717, 1.165) is 134 Å². The van der Waals surface area contributed by atoms with E-state index < -0.39 is 0 Å². The minimum absolute atomic E-state index is 0.835. The number of pyridine rings is 5. The van der Waals surface area contributed by atoms with Crippen LogP contribution in [0.25, 0.3) is 221 Å². The van der Waals surface area contributed by atoms with Crippen LogP contribution in [0.15, 0.2) is 431 Å². The molecule has 15 aromatic carbocycles. The third-order valence-electron chi connectivity index (χ3n) is 23.8. The number of nitrogens with zero attached hydrogens (tertiary/aromatic N) is 9. The van der Waals surface area contributed by atoms with E-state index >= 15 is 0 Å². The van der Waals surface area contributed by atoms with Gasteiger partial charge in [-0.2, -0.15) is 0 Å². The van der Waals surface area contributed by atoms with Crippen molar-refractivity contribution in [1.29, 1.82) is 0 Å². The van der Waals surface area contributed by atoms with E-state index in [4.69, 9.17) is 15.0 Å². The van der Waals surface area contributed by atoms with Gasteiger partial charge < -0.3 is 18.3 Å². The first kappa shape index (κ1) is 69.3. The fourth-order valence-corrected chi connectivity index (χ4v) is 18.1. The van der Waals surface area contributed by atoms with E-state index in [1.54, 1.807) is 6.20 Å². The van der Waals surface area contributed by atoms with E-state index in [-0.39, 0.29) is 0 Å². The van der Waals surface area contributed by atoms with E-state index in [1.165, 1.54) is 87.3 Å². The first-order chi connectivity index (χ1) is 59.5. The lowest BCUT2D eigenvalue weighted by molar-refractivity contribution is 1.18. The summed E-state index contributed by atoms with van der Waals surface area (Å²) in [5.41, 5.74) is 32.6. The van der Waals surface area contributed by atoms with Gasteiger partial charge in [0.1, 0.15) is 0 Å². The Kier molecular flexibility index (Phi) is 16.7. The quantitative estimate of drug-likeness (QED) is 0.122. The highest BCUT2D eigenvalue weighted by molar-refractivity contribution is 6.15. The third kappa shape index (κ3) is 12.0. The molecule has 0 spiro atoms. The Morgan fingerprint density at radius 2 is 0.442 bits per heavy atom. The molecule has 24 aromatic rings. The van der Waals surface area contributed by atoms with Crippen LogP contribution >= 0.6 is 0 Å². The molecule has 0 saturated heterocycles. The van der Waals surface area contributed by atoms with Gasteiger partial charge in [-0.1, -0.05) is 224 Å². The zero-order valence-electron chi connectivity index (χ0n) is 65.0. The van der Waals surface area contributed by atoms with Crippen molar-refractivity contribution in [2.75, 3.05) is 0 Å². The maximum atomic E-state index is 5.39. The van der Waals surface area contributed by atoms with Crippen LogP contribution in [0.2, 0.25) is 0 Å². The van der Waals surface area contributed by atoms with Crippen molar-refractivity contribution in [3.63, 3.8) is 0 Å². The Balaban J connectivity index is 0.000000140. The van der Waals surface area contributed by atoms with Gasteiger partial charge in [0.25, 0.3) is 0 Å². The highest BCUT2D eigenvalue weighted by Crippen LogP contribution is 2.45. The van der Waals surface area contributed by atoms with Crippen LogP contribution < -0.4 is 0 Å². The van der Waals surface area contributed by atoms with Crippen LogP contribution in [0.5, 0.6) is 0 Å². The van der Waals surface area contributed by atoms with Crippen molar-refractivity contribution < 1.29 is 0 Å². The van der Waals surface area contributed by atoms with Crippen molar-refractivity contribution in [2.24, 2.45) is 0 Å². The van der Waals surface area contributed by atoms with Gasteiger partial charge in [0.2, 0.25) is 0 Å². The van der Waals surface area contributed by atoms with Gasteiger partial charge in [0.15, 0.2) is 0 Å². The van der Waals surface area contributed by atoms with Gasteiger partial charge in [0, 0.05) is 117 Å². The molecule has 0 aliphatic heterocycles. The molecule has 9 aromatic heterocycles. The Hall–Kier alpha value is -16.2. The lowest BCUT2D eigenvalue weighted by Gasteiger charge is -2.14. The zero-order valence-corrected chi connectivity index (χ0v) is 65.0. The topological polar surface area (TPSA) is 84.2 Å². The van der Waals surface area contributed by atoms with Crippen LogP contribution in [0.1, 0.15) is 0 Å².